The summed E-state index contributed by atoms with van der Waals surface area (Å²) >= 11 is 1.33. The molecule has 0 saturated heterocycles. The van der Waals surface area contributed by atoms with Crippen molar-refractivity contribution in [1.82, 2.24) is 0 Å². The number of rotatable bonds is 4. The fourth-order valence-electron chi connectivity index (χ4n) is 3.80. The van der Waals surface area contributed by atoms with E-state index >= 15 is 0 Å². The van der Waals surface area contributed by atoms with Crippen molar-refractivity contribution >= 4 is 29.4 Å². The summed E-state index contributed by atoms with van der Waals surface area (Å²) in [5, 5.41) is 0. The van der Waals surface area contributed by atoms with E-state index < -0.39 is 28.2 Å². The third-order valence-corrected chi connectivity index (χ3v) is 6.49. The molecule has 0 bridgehead atoms. The van der Waals surface area contributed by atoms with Crippen LogP contribution in [0.15, 0.2) is 83.8 Å². The van der Waals surface area contributed by atoms with Crippen molar-refractivity contribution in [1.29, 1.82) is 0 Å². The summed E-state index contributed by atoms with van der Waals surface area (Å²) < 4.78 is 18.8. The number of amides is 2. The molecule has 0 N–H and O–H groups in total. The zero-order valence-corrected chi connectivity index (χ0v) is 19.0. The highest BCUT2D eigenvalue weighted by Gasteiger charge is 2.55. The molecule has 3 aromatic rings. The highest BCUT2D eigenvalue weighted by Crippen LogP contribution is 2.53. The van der Waals surface area contributed by atoms with Gasteiger partial charge in [-0.1, -0.05) is 48.5 Å². The van der Waals surface area contributed by atoms with Crippen LogP contribution in [0.25, 0.3) is 0 Å². The number of fused-ring (bicyclic) bond motifs is 1. The van der Waals surface area contributed by atoms with Crippen LogP contribution in [0.4, 0.5) is 14.9 Å². The number of thioether (sulfide) groups is 1. The van der Waals surface area contributed by atoms with E-state index in [1.165, 1.54) is 30.0 Å². The molecule has 164 valence electrons. The normalized spacial score (nSPS) is 17.9. The molecule has 2 amide bonds. The smallest absolute Gasteiger partial charge is 0.421 e. The second-order valence-electron chi connectivity index (χ2n) is 8.69. The first kappa shape index (κ1) is 22.1. The largest absolute Gasteiger partial charge is 0.443 e. The Hall–Kier alpha value is -3.12. The van der Waals surface area contributed by atoms with E-state index in [0.29, 0.717) is 17.7 Å². The highest BCUT2D eigenvalue weighted by atomic mass is 32.2. The molecule has 1 aliphatic heterocycles. The van der Waals surface area contributed by atoms with Gasteiger partial charge >= 0.3 is 6.09 Å². The number of benzene rings is 3. The number of carbonyl (C=O) groups is 2. The number of hydrogen-bond acceptors (Lipinski definition) is 4. The lowest BCUT2D eigenvalue weighted by Crippen LogP contribution is -2.45. The minimum absolute atomic E-state index is 0.294. The van der Waals surface area contributed by atoms with Gasteiger partial charge < -0.3 is 4.74 Å². The van der Waals surface area contributed by atoms with Crippen LogP contribution in [0.2, 0.25) is 0 Å². The maximum absolute atomic E-state index is 14.5. The summed E-state index contributed by atoms with van der Waals surface area (Å²) in [6.45, 7) is 5.23. The Labute approximate surface area is 191 Å². The van der Waals surface area contributed by atoms with Crippen LogP contribution in [0.1, 0.15) is 31.9 Å². The molecule has 1 atom stereocenters. The summed E-state index contributed by atoms with van der Waals surface area (Å²) in [7, 11) is 0. The third kappa shape index (κ3) is 4.28. The molecular formula is C26H24FNO3S. The van der Waals surface area contributed by atoms with Crippen molar-refractivity contribution in [3.63, 3.8) is 0 Å². The zero-order valence-electron chi connectivity index (χ0n) is 18.2. The van der Waals surface area contributed by atoms with Crippen LogP contribution in [-0.2, 0) is 20.7 Å². The topological polar surface area (TPSA) is 46.6 Å². The predicted molar refractivity (Wildman–Crippen MR) is 124 cm³/mol. The van der Waals surface area contributed by atoms with Gasteiger partial charge in [0.1, 0.15) is 16.2 Å². The quantitative estimate of drug-likeness (QED) is 0.466. The molecule has 0 aliphatic carbocycles. The van der Waals surface area contributed by atoms with Crippen molar-refractivity contribution < 1.29 is 18.7 Å². The molecule has 0 spiro atoms. The Morgan fingerprint density at radius 2 is 1.62 bits per heavy atom. The summed E-state index contributed by atoms with van der Waals surface area (Å²) in [4.78, 5) is 29.0. The number of imide groups is 1. The Balaban J connectivity index is 1.88. The molecule has 0 radical (unpaired) electrons. The second-order valence-corrected chi connectivity index (χ2v) is 10.1. The van der Waals surface area contributed by atoms with Gasteiger partial charge in [0.25, 0.3) is 5.91 Å². The fourth-order valence-corrected chi connectivity index (χ4v) is 5.19. The van der Waals surface area contributed by atoms with Gasteiger partial charge in [0.15, 0.2) is 0 Å². The van der Waals surface area contributed by atoms with Crippen LogP contribution in [0.5, 0.6) is 0 Å². The monoisotopic (exact) mass is 449 g/mol. The van der Waals surface area contributed by atoms with Crippen molar-refractivity contribution in [3.8, 4) is 0 Å². The lowest BCUT2D eigenvalue weighted by atomic mass is 9.92. The van der Waals surface area contributed by atoms with Gasteiger partial charge in [-0.15, -0.1) is 11.8 Å². The molecule has 0 aromatic heterocycles. The van der Waals surface area contributed by atoms with E-state index in [0.717, 1.165) is 15.4 Å². The molecule has 0 saturated carbocycles. The summed E-state index contributed by atoms with van der Waals surface area (Å²) in [5.74, 6) is -0.904. The number of nitrogens with zero attached hydrogens (tertiary/aromatic N) is 1. The minimum Gasteiger partial charge on any atom is -0.443 e. The van der Waals surface area contributed by atoms with Crippen molar-refractivity contribution in [2.24, 2.45) is 0 Å². The summed E-state index contributed by atoms with van der Waals surface area (Å²) in [6, 6.07) is 23.1. The highest BCUT2D eigenvalue weighted by molar-refractivity contribution is 8.01. The third-order valence-electron chi connectivity index (χ3n) is 5.09. The fraction of sp³-hybridized carbons (Fsp3) is 0.231. The number of halogens is 1. The number of anilines is 1. The number of ether oxygens (including phenoxy) is 1. The van der Waals surface area contributed by atoms with Gasteiger partial charge in [0, 0.05) is 16.9 Å². The Kier molecular flexibility index (Phi) is 5.82. The standard InChI is InChI=1S/C26H24FNO3S/c1-25(2,3)31-24(30)28-22-15-14-19(27)16-21(22)26(23(28)29,17-18-10-6-4-7-11-18)32-20-12-8-5-9-13-20/h4-16H,17H2,1-3H3/t26-/m1/s1. The van der Waals surface area contributed by atoms with Crippen LogP contribution < -0.4 is 4.90 Å². The molecule has 6 heteroatoms. The SMILES string of the molecule is CC(C)(C)OC(=O)N1C(=O)[C@](Cc2ccccc2)(Sc2ccccc2)c2cc(F)ccc21. The Morgan fingerprint density at radius 1 is 1.00 bits per heavy atom. The molecule has 3 aromatic carbocycles. The second kappa shape index (κ2) is 8.43. The van der Waals surface area contributed by atoms with Gasteiger partial charge in [-0.2, -0.15) is 0 Å². The Morgan fingerprint density at radius 3 is 2.25 bits per heavy atom. The molecule has 0 fully saturated rings. The Bertz CT molecular complexity index is 1100. The average molecular weight is 450 g/mol. The lowest BCUT2D eigenvalue weighted by Gasteiger charge is -2.29. The first-order valence-electron chi connectivity index (χ1n) is 10.4. The maximum atomic E-state index is 14.5. The molecule has 0 unspecified atom stereocenters. The molecule has 32 heavy (non-hydrogen) atoms. The average Bonchev–Trinajstić information content (AvgIpc) is 2.96. The van der Waals surface area contributed by atoms with E-state index in [1.54, 1.807) is 20.8 Å². The minimum atomic E-state index is -1.23. The van der Waals surface area contributed by atoms with Crippen molar-refractivity contribution in [2.45, 2.75) is 42.4 Å². The predicted octanol–water partition coefficient (Wildman–Crippen LogP) is 6.34. The van der Waals surface area contributed by atoms with Crippen molar-refractivity contribution in [3.05, 3.63) is 95.8 Å². The van der Waals surface area contributed by atoms with E-state index in [1.807, 2.05) is 60.7 Å². The number of hydrogen-bond donors (Lipinski definition) is 0. The molecule has 4 rings (SSSR count). The van der Waals surface area contributed by atoms with Gasteiger partial charge in [-0.3, -0.25) is 4.79 Å². The summed E-state index contributed by atoms with van der Waals surface area (Å²) in [5.41, 5.74) is 0.941. The van der Waals surface area contributed by atoms with Crippen molar-refractivity contribution in [2.75, 3.05) is 4.90 Å². The van der Waals surface area contributed by atoms with Crippen LogP contribution in [-0.4, -0.2) is 17.6 Å². The first-order valence-corrected chi connectivity index (χ1v) is 11.2. The van der Waals surface area contributed by atoms with Crippen LogP contribution >= 0.6 is 11.8 Å². The van der Waals surface area contributed by atoms with Crippen LogP contribution in [0, 0.1) is 5.82 Å². The van der Waals surface area contributed by atoms with Crippen LogP contribution in [0.3, 0.4) is 0 Å². The molecule has 4 nitrogen and oxygen atoms in total. The lowest BCUT2D eigenvalue weighted by molar-refractivity contribution is -0.120. The summed E-state index contributed by atoms with van der Waals surface area (Å²) in [6.07, 6.45) is -0.471. The van der Waals surface area contributed by atoms with Gasteiger partial charge in [-0.25, -0.2) is 14.1 Å². The van der Waals surface area contributed by atoms with E-state index in [-0.39, 0.29) is 0 Å². The van der Waals surface area contributed by atoms with E-state index in [4.69, 9.17) is 4.74 Å². The number of carbonyl (C=O) groups excluding carboxylic acids is 2. The first-order chi connectivity index (χ1) is 15.2. The maximum Gasteiger partial charge on any atom is 0.421 e. The van der Waals surface area contributed by atoms with E-state index in [9.17, 15) is 14.0 Å². The zero-order chi connectivity index (χ0) is 22.9. The van der Waals surface area contributed by atoms with Gasteiger partial charge in [-0.05, 0) is 56.7 Å². The van der Waals surface area contributed by atoms with Gasteiger partial charge in [0.05, 0.1) is 5.69 Å². The molecule has 1 aliphatic rings. The van der Waals surface area contributed by atoms with E-state index in [2.05, 4.69) is 0 Å². The van der Waals surface area contributed by atoms with Gasteiger partial charge in [0.2, 0.25) is 0 Å². The molecule has 1 heterocycles. The molecular weight excluding hydrogens is 425 g/mol.